The lowest BCUT2D eigenvalue weighted by Gasteiger charge is -2.44. The van der Waals surface area contributed by atoms with E-state index in [4.69, 9.17) is 0 Å². The zero-order chi connectivity index (χ0) is 49.6. The van der Waals surface area contributed by atoms with Crippen LogP contribution in [-0.2, 0) is 6.54 Å². The van der Waals surface area contributed by atoms with Crippen molar-refractivity contribution in [2.24, 2.45) is 0 Å². The zero-order valence-corrected chi connectivity index (χ0v) is 32.9. The lowest BCUT2D eigenvalue weighted by Crippen LogP contribution is -2.81. The molecule has 1 heterocycles. The van der Waals surface area contributed by atoms with E-state index in [1.807, 2.05) is 0 Å². The van der Waals surface area contributed by atoms with Crippen molar-refractivity contribution in [3.63, 3.8) is 0 Å². The average Bonchev–Trinajstić information content (AvgIpc) is 3.34. The molecule has 0 spiro atoms. The summed E-state index contributed by atoms with van der Waals surface area (Å²) in [6.45, 7) is 0.898. The van der Waals surface area contributed by atoms with Gasteiger partial charge < -0.3 is 0 Å². The molecule has 348 valence electrons. The van der Waals surface area contributed by atoms with E-state index < -0.39 is 144 Å². The molecular formula is C46H16BF20N. The molecule has 0 bridgehead atoms. The Labute approximate surface area is 366 Å². The summed E-state index contributed by atoms with van der Waals surface area (Å²) in [7, 11) is 0. The van der Waals surface area contributed by atoms with Crippen molar-refractivity contribution >= 4 is 60.3 Å². The lowest BCUT2D eigenvalue weighted by molar-refractivity contribution is -0.688. The van der Waals surface area contributed by atoms with Gasteiger partial charge in [-0.1, -0.05) is 60.7 Å². The molecule has 0 N–H and O–H groups in total. The zero-order valence-electron chi connectivity index (χ0n) is 32.9. The van der Waals surface area contributed by atoms with Crippen LogP contribution in [0.25, 0.3) is 32.3 Å². The normalized spacial score (nSPS) is 11.9. The molecule has 0 saturated carbocycles. The predicted molar refractivity (Wildman–Crippen MR) is 205 cm³/mol. The summed E-state index contributed by atoms with van der Waals surface area (Å²) in [6, 6.07) is 26.3. The predicted octanol–water partition coefficient (Wildman–Crippen LogP) is 10.8. The van der Waals surface area contributed by atoms with Crippen molar-refractivity contribution in [2.75, 3.05) is 0 Å². The maximum absolute atomic E-state index is 15.4. The number of hydrogen-bond donors (Lipinski definition) is 0. The Bertz CT molecular complexity index is 3150. The van der Waals surface area contributed by atoms with E-state index >= 15 is 35.1 Å². The van der Waals surface area contributed by atoms with Crippen LogP contribution in [0.2, 0.25) is 0 Å². The van der Waals surface area contributed by atoms with Crippen LogP contribution in [0.4, 0.5) is 87.8 Å². The summed E-state index contributed by atoms with van der Waals surface area (Å²) in [5.41, 5.74) is -13.0. The van der Waals surface area contributed by atoms with E-state index in [0.717, 1.165) is 6.54 Å². The molecular weight excluding hydrogens is 957 g/mol. The Morgan fingerprint density at radius 2 is 0.559 bits per heavy atom. The van der Waals surface area contributed by atoms with Gasteiger partial charge in [0.2, 0.25) is 0 Å². The Morgan fingerprint density at radius 3 is 0.897 bits per heavy atom. The Hall–Kier alpha value is -7.39. The highest BCUT2D eigenvalue weighted by molar-refractivity contribution is 7.20. The van der Waals surface area contributed by atoms with Crippen LogP contribution in [0.15, 0.2) is 85.2 Å². The van der Waals surface area contributed by atoms with E-state index in [1.54, 1.807) is 0 Å². The third-order valence-corrected chi connectivity index (χ3v) is 11.5. The second-order valence-electron chi connectivity index (χ2n) is 14.9. The molecule has 0 aliphatic heterocycles. The summed E-state index contributed by atoms with van der Waals surface area (Å²) in [6.07, 6.45) is -2.97. The summed E-state index contributed by atoms with van der Waals surface area (Å²) in [5, 5.41) is 8.13. The number of halogens is 20. The molecule has 0 atom stereocenters. The molecule has 0 aliphatic carbocycles. The molecule has 68 heavy (non-hydrogen) atoms. The summed E-state index contributed by atoms with van der Waals surface area (Å²) >= 11 is 0. The van der Waals surface area contributed by atoms with Crippen molar-refractivity contribution in [2.45, 2.75) is 6.54 Å². The van der Waals surface area contributed by atoms with Crippen LogP contribution >= 0.6 is 0 Å². The minimum atomic E-state index is -7.22. The highest BCUT2D eigenvalue weighted by Crippen LogP contribution is 2.36. The maximum atomic E-state index is 15.4. The number of benzene rings is 8. The minimum absolute atomic E-state index is 0.898. The van der Waals surface area contributed by atoms with E-state index in [9.17, 15) is 52.7 Å². The maximum Gasteiger partial charge on any atom is 0.200 e. The number of aromatic nitrogens is 1. The Balaban J connectivity index is 0.000000224. The van der Waals surface area contributed by atoms with Gasteiger partial charge in [-0.15, -0.1) is 21.9 Å². The fourth-order valence-electron chi connectivity index (χ4n) is 8.54. The van der Waals surface area contributed by atoms with Crippen molar-refractivity contribution in [3.05, 3.63) is 207 Å². The summed E-state index contributed by atoms with van der Waals surface area (Å²) in [5.74, 6) is -71.4. The first-order valence-electron chi connectivity index (χ1n) is 18.9. The first kappa shape index (κ1) is 47.1. The standard InChI is InChI=1S/C24BF20.C22H16N/c26-5-1(6(27)14(35)21(42)13(5)34)25(2-7(28)15(36)22(43)16(37)8(2)29,3-9(30)17(38)23(44)18(39)10(3)31)4-11(32)19(40)24(45)20(41)12(4)33;1-2-13-23(14-3-1)15-19-10-9-18-8-7-16-5-4-6-17-11-12-20(19)22(18)21(16)17/h;1-14H,15H2/q-1;+1. The number of rotatable bonds is 6. The minimum Gasteiger partial charge on any atom is -0.207 e. The third-order valence-electron chi connectivity index (χ3n) is 11.5. The van der Waals surface area contributed by atoms with Crippen molar-refractivity contribution < 1.29 is 92.4 Å². The van der Waals surface area contributed by atoms with E-state index in [0.29, 0.717) is 0 Å². The highest BCUT2D eigenvalue weighted by Gasteiger charge is 2.52. The van der Waals surface area contributed by atoms with Gasteiger partial charge in [0, 0.05) is 17.7 Å². The van der Waals surface area contributed by atoms with Gasteiger partial charge in [-0.05, 0) is 32.3 Å². The molecule has 0 radical (unpaired) electrons. The summed E-state index contributed by atoms with van der Waals surface area (Å²) < 4.78 is 296. The van der Waals surface area contributed by atoms with Crippen molar-refractivity contribution in [3.8, 4) is 0 Å². The van der Waals surface area contributed by atoms with Gasteiger partial charge >= 0.3 is 0 Å². The number of nitrogens with zero attached hydrogens (tertiary/aromatic N) is 1. The molecule has 0 fully saturated rings. The molecule has 0 saturated heterocycles. The monoisotopic (exact) mass is 973 g/mol. The van der Waals surface area contributed by atoms with E-state index in [-0.39, 0.29) is 0 Å². The smallest absolute Gasteiger partial charge is 0.200 e. The Morgan fingerprint density at radius 1 is 0.279 bits per heavy atom. The van der Waals surface area contributed by atoms with Gasteiger partial charge in [-0.2, -0.15) is 0 Å². The topological polar surface area (TPSA) is 3.88 Å². The number of pyridine rings is 1. The molecule has 1 nitrogen and oxygen atoms in total. The molecule has 8 aromatic carbocycles. The quantitative estimate of drug-likeness (QED) is 0.0390. The van der Waals surface area contributed by atoms with Gasteiger partial charge in [-0.25, -0.2) is 92.4 Å². The lowest BCUT2D eigenvalue weighted by atomic mass is 9.12. The molecule has 22 heteroatoms. The third kappa shape index (κ3) is 6.76. The molecule has 0 amide bonds. The largest absolute Gasteiger partial charge is 0.207 e. The van der Waals surface area contributed by atoms with Crippen LogP contribution in [0.5, 0.6) is 0 Å². The molecule has 9 aromatic rings. The average molecular weight is 973 g/mol. The van der Waals surface area contributed by atoms with Gasteiger partial charge in [-0.3, -0.25) is 0 Å². The van der Waals surface area contributed by atoms with Gasteiger partial charge in [0.15, 0.2) is 88.7 Å². The van der Waals surface area contributed by atoms with E-state index in [2.05, 4.69) is 89.8 Å². The SMILES string of the molecule is Fc1c(F)c(F)c([B-](c2c(F)c(F)c(F)c(F)c2F)(c2c(F)c(F)c(F)c(F)c2F)c2c(F)c(F)c(F)c(F)c2F)c(F)c1F.c1cc[n+](Cc2ccc3ccc4cccc5ccc2c3c45)cc1. The van der Waals surface area contributed by atoms with Crippen LogP contribution in [0.1, 0.15) is 5.56 Å². The molecule has 1 aromatic heterocycles. The van der Waals surface area contributed by atoms with Crippen molar-refractivity contribution in [1.82, 2.24) is 0 Å². The summed E-state index contributed by atoms with van der Waals surface area (Å²) in [4.78, 5) is 0. The fraction of sp³-hybridized carbons (Fsp3) is 0.0217. The molecule has 0 unspecified atom stereocenters. The van der Waals surface area contributed by atoms with Crippen LogP contribution in [0.3, 0.4) is 0 Å². The van der Waals surface area contributed by atoms with Gasteiger partial charge in [0.1, 0.15) is 52.7 Å². The fourth-order valence-corrected chi connectivity index (χ4v) is 8.54. The first-order valence-corrected chi connectivity index (χ1v) is 18.9. The van der Waals surface area contributed by atoms with Crippen molar-refractivity contribution in [1.29, 1.82) is 0 Å². The highest BCUT2D eigenvalue weighted by atomic mass is 19.2. The second-order valence-corrected chi connectivity index (χ2v) is 14.9. The first-order chi connectivity index (χ1) is 32.1. The van der Waals surface area contributed by atoms with Gasteiger partial charge in [0.05, 0.1) is 0 Å². The molecule has 0 aliphatic rings. The van der Waals surface area contributed by atoms with E-state index in [1.165, 1.54) is 37.9 Å². The molecule has 9 rings (SSSR count). The Kier molecular flexibility index (Phi) is 11.8. The van der Waals surface area contributed by atoms with Crippen LogP contribution in [0, 0.1) is 116 Å². The van der Waals surface area contributed by atoms with Crippen LogP contribution in [-0.4, -0.2) is 6.15 Å². The number of hydrogen-bond acceptors (Lipinski definition) is 0. The van der Waals surface area contributed by atoms with Gasteiger partial charge in [0.25, 0.3) is 0 Å². The second kappa shape index (κ2) is 17.0. The van der Waals surface area contributed by atoms with Crippen LogP contribution < -0.4 is 26.4 Å².